The Bertz CT molecular complexity index is 1210. The van der Waals surface area contributed by atoms with Crippen LogP contribution in [0.1, 0.15) is 55.3 Å². The number of nitrogens with one attached hydrogen (secondary N) is 1. The van der Waals surface area contributed by atoms with Crippen LogP contribution in [0.4, 0.5) is 5.82 Å². The van der Waals surface area contributed by atoms with E-state index in [1.165, 1.54) is 55.5 Å². The fraction of sp³-hybridized carbons (Fsp3) is 0.429. The molecule has 1 saturated carbocycles. The predicted molar refractivity (Wildman–Crippen MR) is 116 cm³/mol. The van der Waals surface area contributed by atoms with Gasteiger partial charge in [-0.2, -0.15) is 9.61 Å². The van der Waals surface area contributed by atoms with Crippen LogP contribution in [-0.2, 0) is 28.4 Å². The Balaban J connectivity index is 1.51. The fourth-order valence-electron chi connectivity index (χ4n) is 5.04. The van der Waals surface area contributed by atoms with Gasteiger partial charge in [-0.3, -0.25) is 0 Å². The van der Waals surface area contributed by atoms with E-state index in [1.54, 1.807) is 22.8 Å². The molecule has 0 saturated heterocycles. The van der Waals surface area contributed by atoms with Crippen molar-refractivity contribution in [3.63, 3.8) is 0 Å². The highest BCUT2D eigenvalue weighted by atomic mass is 35.5. The minimum atomic E-state index is -3.69. The normalized spacial score (nSPS) is 18.1. The van der Waals surface area contributed by atoms with Gasteiger partial charge in [0, 0.05) is 17.5 Å². The lowest BCUT2D eigenvalue weighted by molar-refractivity contribution is 0.286. The van der Waals surface area contributed by atoms with Crippen molar-refractivity contribution in [1.82, 2.24) is 14.6 Å². The number of rotatable bonds is 4. The number of primary sulfonamides is 1. The Morgan fingerprint density at radius 1 is 1.13 bits per heavy atom. The number of hydrogen-bond acceptors (Lipinski definition) is 5. The highest BCUT2D eigenvalue weighted by molar-refractivity contribution is 7.89. The standard InChI is InChI=1S/C21H24ClN5O2S/c22-17-13-25-27-19(24-12-14-4-6-15(7-5-14)30(23,28)29)16-8-11-21(9-2-1-3-10-21)18(16)26-20(17)27/h4-7,13,24H,1-3,8-12H2,(H2,23,28,29). The lowest BCUT2D eigenvalue weighted by Gasteiger charge is -2.33. The van der Waals surface area contributed by atoms with Crippen molar-refractivity contribution in [2.75, 3.05) is 5.32 Å². The Morgan fingerprint density at radius 2 is 1.87 bits per heavy atom. The van der Waals surface area contributed by atoms with E-state index in [0.29, 0.717) is 17.2 Å². The second-order valence-electron chi connectivity index (χ2n) is 8.40. The van der Waals surface area contributed by atoms with E-state index in [2.05, 4.69) is 10.4 Å². The predicted octanol–water partition coefficient (Wildman–Crippen LogP) is 3.79. The van der Waals surface area contributed by atoms with Gasteiger partial charge in [-0.1, -0.05) is 43.0 Å². The lowest BCUT2D eigenvalue weighted by Crippen LogP contribution is -2.27. The zero-order valence-corrected chi connectivity index (χ0v) is 18.1. The number of nitrogens with two attached hydrogens (primary N) is 1. The van der Waals surface area contributed by atoms with E-state index < -0.39 is 10.0 Å². The number of fused-ring (bicyclic) bond motifs is 3. The molecular weight excluding hydrogens is 422 g/mol. The molecule has 7 nitrogen and oxygen atoms in total. The number of sulfonamides is 1. The van der Waals surface area contributed by atoms with Gasteiger partial charge in [0.05, 0.1) is 16.8 Å². The molecule has 158 valence electrons. The molecule has 0 unspecified atom stereocenters. The first-order chi connectivity index (χ1) is 14.4. The van der Waals surface area contributed by atoms with Crippen LogP contribution in [0.25, 0.3) is 5.65 Å². The van der Waals surface area contributed by atoms with E-state index in [9.17, 15) is 8.42 Å². The molecule has 1 aromatic carbocycles. The van der Waals surface area contributed by atoms with E-state index in [4.69, 9.17) is 21.7 Å². The maximum Gasteiger partial charge on any atom is 0.238 e. The number of hydrogen-bond donors (Lipinski definition) is 2. The maximum atomic E-state index is 11.5. The first-order valence-corrected chi connectivity index (χ1v) is 12.2. The highest BCUT2D eigenvalue weighted by Gasteiger charge is 2.43. The summed E-state index contributed by atoms with van der Waals surface area (Å²) in [6.07, 6.45) is 9.90. The SMILES string of the molecule is NS(=O)(=O)c1ccc(CNc2c3c(nc4c(Cl)cnn24)C2(CCCCC2)CC3)cc1. The number of aromatic nitrogens is 3. The van der Waals surface area contributed by atoms with Crippen LogP contribution in [0, 0.1) is 0 Å². The fourth-order valence-corrected chi connectivity index (χ4v) is 5.72. The Hall–Kier alpha value is -2.16. The third-order valence-corrected chi connectivity index (χ3v) is 7.78. The monoisotopic (exact) mass is 445 g/mol. The first kappa shape index (κ1) is 19.8. The molecule has 1 spiro atoms. The second-order valence-corrected chi connectivity index (χ2v) is 10.4. The zero-order valence-electron chi connectivity index (χ0n) is 16.6. The Labute approximate surface area is 180 Å². The van der Waals surface area contributed by atoms with Crippen LogP contribution in [0.3, 0.4) is 0 Å². The molecule has 2 aromatic heterocycles. The van der Waals surface area contributed by atoms with Crippen molar-refractivity contribution >= 4 is 33.1 Å². The van der Waals surface area contributed by atoms with Gasteiger partial charge in [-0.25, -0.2) is 18.5 Å². The summed E-state index contributed by atoms with van der Waals surface area (Å²) in [5.41, 5.74) is 4.21. The summed E-state index contributed by atoms with van der Waals surface area (Å²) >= 11 is 6.41. The minimum absolute atomic E-state index is 0.108. The van der Waals surface area contributed by atoms with Gasteiger partial charge in [-0.15, -0.1) is 0 Å². The second kappa shape index (κ2) is 7.21. The molecule has 2 aliphatic carbocycles. The molecule has 1 fully saturated rings. The van der Waals surface area contributed by atoms with Crippen LogP contribution in [0.5, 0.6) is 0 Å². The summed E-state index contributed by atoms with van der Waals surface area (Å²) < 4.78 is 24.8. The van der Waals surface area contributed by atoms with Crippen molar-refractivity contribution in [3.8, 4) is 0 Å². The molecule has 2 heterocycles. The zero-order chi connectivity index (χ0) is 20.9. The van der Waals surface area contributed by atoms with Crippen molar-refractivity contribution in [2.45, 2.75) is 61.8 Å². The average molecular weight is 446 g/mol. The van der Waals surface area contributed by atoms with Crippen molar-refractivity contribution < 1.29 is 8.42 Å². The molecule has 3 aromatic rings. The summed E-state index contributed by atoms with van der Waals surface area (Å²) in [6, 6.07) is 6.59. The maximum absolute atomic E-state index is 11.5. The lowest BCUT2D eigenvalue weighted by atomic mass is 9.72. The Morgan fingerprint density at radius 3 is 2.57 bits per heavy atom. The van der Waals surface area contributed by atoms with Gasteiger partial charge in [0.2, 0.25) is 10.0 Å². The molecular formula is C21H24ClN5O2S. The van der Waals surface area contributed by atoms with Gasteiger partial charge in [0.1, 0.15) is 10.8 Å². The summed E-state index contributed by atoms with van der Waals surface area (Å²) in [7, 11) is -3.69. The third-order valence-electron chi connectivity index (χ3n) is 6.58. The van der Waals surface area contributed by atoms with Crippen molar-refractivity contribution in [3.05, 3.63) is 52.3 Å². The van der Waals surface area contributed by atoms with Crippen molar-refractivity contribution in [1.29, 1.82) is 0 Å². The third kappa shape index (κ3) is 3.27. The molecule has 5 rings (SSSR count). The van der Waals surface area contributed by atoms with E-state index in [-0.39, 0.29) is 10.3 Å². The van der Waals surface area contributed by atoms with Crippen LogP contribution in [0.2, 0.25) is 5.02 Å². The largest absolute Gasteiger partial charge is 0.366 e. The smallest absolute Gasteiger partial charge is 0.238 e. The average Bonchev–Trinajstić information content (AvgIpc) is 3.27. The van der Waals surface area contributed by atoms with Crippen LogP contribution in [-0.4, -0.2) is 23.0 Å². The summed E-state index contributed by atoms with van der Waals surface area (Å²) in [6.45, 7) is 0.529. The van der Waals surface area contributed by atoms with Crippen molar-refractivity contribution in [2.24, 2.45) is 5.14 Å². The number of nitrogens with zero attached hydrogens (tertiary/aromatic N) is 3. The van der Waals surface area contributed by atoms with Gasteiger partial charge < -0.3 is 5.32 Å². The molecule has 0 aliphatic heterocycles. The Kier molecular flexibility index (Phi) is 4.76. The molecule has 0 amide bonds. The first-order valence-electron chi connectivity index (χ1n) is 10.3. The molecule has 2 aliphatic rings. The molecule has 0 bridgehead atoms. The number of benzene rings is 1. The molecule has 3 N–H and O–H groups in total. The summed E-state index contributed by atoms with van der Waals surface area (Å²) in [5.74, 6) is 0.930. The van der Waals surface area contributed by atoms with E-state index in [0.717, 1.165) is 24.2 Å². The van der Waals surface area contributed by atoms with Gasteiger partial charge in [0.25, 0.3) is 0 Å². The summed E-state index contributed by atoms with van der Waals surface area (Å²) in [5, 5.41) is 13.7. The van der Waals surface area contributed by atoms with Gasteiger partial charge >= 0.3 is 0 Å². The topological polar surface area (TPSA) is 102 Å². The van der Waals surface area contributed by atoms with Gasteiger partial charge in [0.15, 0.2) is 5.65 Å². The van der Waals surface area contributed by atoms with Crippen LogP contribution < -0.4 is 10.5 Å². The summed E-state index contributed by atoms with van der Waals surface area (Å²) in [4.78, 5) is 5.10. The van der Waals surface area contributed by atoms with Gasteiger partial charge in [-0.05, 0) is 43.4 Å². The molecule has 0 radical (unpaired) electrons. The quantitative estimate of drug-likeness (QED) is 0.636. The molecule has 30 heavy (non-hydrogen) atoms. The minimum Gasteiger partial charge on any atom is -0.366 e. The highest BCUT2D eigenvalue weighted by Crippen LogP contribution is 2.50. The van der Waals surface area contributed by atoms with E-state index >= 15 is 0 Å². The van der Waals surface area contributed by atoms with E-state index in [1.807, 2.05) is 0 Å². The van der Waals surface area contributed by atoms with Crippen LogP contribution in [0.15, 0.2) is 35.4 Å². The van der Waals surface area contributed by atoms with Crippen LogP contribution >= 0.6 is 11.6 Å². The molecule has 9 heteroatoms. The molecule has 0 atom stereocenters. The number of anilines is 1. The number of halogens is 1.